The molecule has 0 bridgehead atoms. The molecule has 2 aromatic carbocycles. The number of benzene rings is 2. The number of piperidine rings is 1. The summed E-state index contributed by atoms with van der Waals surface area (Å²) in [4.78, 5) is 21.9. The van der Waals surface area contributed by atoms with E-state index in [1.165, 1.54) is 5.56 Å². The van der Waals surface area contributed by atoms with E-state index in [4.69, 9.17) is 23.2 Å². The lowest BCUT2D eigenvalue weighted by molar-refractivity contribution is -0.120. The van der Waals surface area contributed by atoms with E-state index in [1.807, 2.05) is 48.2 Å². The van der Waals surface area contributed by atoms with Gasteiger partial charge < -0.3 is 0 Å². The van der Waals surface area contributed by atoms with Gasteiger partial charge in [-0.2, -0.15) is 0 Å². The molecule has 2 heterocycles. The largest absolute Gasteiger partial charge is 0.300 e. The van der Waals surface area contributed by atoms with Gasteiger partial charge in [-0.1, -0.05) is 65.7 Å². The van der Waals surface area contributed by atoms with E-state index in [1.54, 1.807) is 0 Å². The average molecular weight is 569 g/mol. The van der Waals surface area contributed by atoms with Gasteiger partial charge in [-0.15, -0.1) is 24.8 Å². The number of carbonyl (C=O) groups excluding carboxylic acids is 1. The number of halogens is 4. The van der Waals surface area contributed by atoms with Crippen LogP contribution in [0.15, 0.2) is 66.7 Å². The Kier molecular flexibility index (Phi) is 11.1. The number of anilines is 1. The Bertz CT molecular complexity index is 1160. The molecular formula is C28H33Cl4N3O. The summed E-state index contributed by atoms with van der Waals surface area (Å²) in [7, 11) is 2.16. The molecule has 1 saturated heterocycles. The Labute approximate surface area is 236 Å². The van der Waals surface area contributed by atoms with Gasteiger partial charge in [0.2, 0.25) is 5.91 Å². The second-order valence-corrected chi connectivity index (χ2v) is 10.2. The second kappa shape index (κ2) is 13.1. The van der Waals surface area contributed by atoms with Crippen LogP contribution in [0.4, 0.5) is 5.82 Å². The van der Waals surface area contributed by atoms with Gasteiger partial charge in [0.15, 0.2) is 0 Å². The molecule has 194 valence electrons. The number of aromatic nitrogens is 1. The normalized spacial score (nSPS) is 18.4. The molecule has 8 heteroatoms. The number of pyridine rings is 1. The van der Waals surface area contributed by atoms with E-state index < -0.39 is 0 Å². The highest BCUT2D eigenvalue weighted by Crippen LogP contribution is 2.41. The van der Waals surface area contributed by atoms with Gasteiger partial charge in [0.25, 0.3) is 0 Å². The quantitative estimate of drug-likeness (QED) is 0.293. The molecule has 0 saturated carbocycles. The lowest BCUT2D eigenvalue weighted by Gasteiger charge is -2.44. The minimum atomic E-state index is -0.252. The molecule has 0 unspecified atom stereocenters. The molecule has 0 radical (unpaired) electrons. The van der Waals surface area contributed by atoms with Gasteiger partial charge in [-0.25, -0.2) is 4.98 Å². The van der Waals surface area contributed by atoms with Crippen molar-refractivity contribution in [3.63, 3.8) is 0 Å². The summed E-state index contributed by atoms with van der Waals surface area (Å²) in [6, 6.07) is 22.5. The molecule has 3 aromatic rings. The number of amides is 1. The van der Waals surface area contributed by atoms with Gasteiger partial charge in [-0.05, 0) is 75.7 Å². The van der Waals surface area contributed by atoms with E-state index in [0.717, 1.165) is 30.6 Å². The van der Waals surface area contributed by atoms with E-state index in [0.29, 0.717) is 28.8 Å². The zero-order valence-corrected chi connectivity index (χ0v) is 23.9. The van der Waals surface area contributed by atoms with Crippen molar-refractivity contribution in [3.8, 4) is 0 Å². The molecule has 0 N–H and O–H groups in total. The van der Waals surface area contributed by atoms with Gasteiger partial charge in [0.1, 0.15) is 5.82 Å². The standard InChI is InChI=1S/C28H31Cl2N3O.2ClH/c1-20-8-7-11-26(31-20)33-19-28(15-14-27(33)34,23-12-13-24(29)25(30)18-23)16-17-32(3)21(2)22-9-5-4-6-10-22;;/h4-13,18,21H,14-17,19H2,1-3H3;2*1H/t21-,28-;;/m1../s1. The van der Waals surface area contributed by atoms with Crippen LogP contribution in [0.2, 0.25) is 10.0 Å². The van der Waals surface area contributed by atoms with Crippen LogP contribution in [0.5, 0.6) is 0 Å². The Hall–Kier alpha value is -1.82. The number of rotatable bonds is 7. The van der Waals surface area contributed by atoms with E-state index in [2.05, 4.69) is 54.2 Å². The van der Waals surface area contributed by atoms with Crippen LogP contribution in [-0.2, 0) is 10.2 Å². The van der Waals surface area contributed by atoms with Crippen molar-refractivity contribution >= 4 is 59.7 Å². The number of aryl methyl sites for hydroxylation is 1. The van der Waals surface area contributed by atoms with Crippen LogP contribution in [-0.4, -0.2) is 35.9 Å². The molecule has 4 rings (SSSR count). The summed E-state index contributed by atoms with van der Waals surface area (Å²) in [5, 5.41) is 1.08. The number of hydrogen-bond acceptors (Lipinski definition) is 3. The van der Waals surface area contributed by atoms with Gasteiger partial charge in [0.05, 0.1) is 10.0 Å². The van der Waals surface area contributed by atoms with Crippen LogP contribution in [0.3, 0.4) is 0 Å². The third-order valence-electron chi connectivity index (χ3n) is 7.15. The summed E-state index contributed by atoms with van der Waals surface area (Å²) in [5.74, 6) is 0.819. The number of nitrogens with zero attached hydrogens (tertiary/aromatic N) is 3. The van der Waals surface area contributed by atoms with Gasteiger partial charge >= 0.3 is 0 Å². The molecule has 2 atom stereocenters. The molecule has 0 aliphatic carbocycles. The highest BCUT2D eigenvalue weighted by Gasteiger charge is 2.41. The van der Waals surface area contributed by atoms with Crippen LogP contribution in [0, 0.1) is 6.92 Å². The molecule has 0 spiro atoms. The summed E-state index contributed by atoms with van der Waals surface area (Å²) in [5.41, 5.74) is 3.05. The Morgan fingerprint density at radius 2 is 1.75 bits per heavy atom. The number of hydrogen-bond donors (Lipinski definition) is 0. The topological polar surface area (TPSA) is 36.4 Å². The lowest BCUT2D eigenvalue weighted by atomic mass is 9.71. The Morgan fingerprint density at radius 1 is 1.03 bits per heavy atom. The zero-order chi connectivity index (χ0) is 24.3. The van der Waals surface area contributed by atoms with E-state index in [9.17, 15) is 4.79 Å². The van der Waals surface area contributed by atoms with Crippen molar-refractivity contribution in [2.24, 2.45) is 0 Å². The lowest BCUT2D eigenvalue weighted by Crippen LogP contribution is -2.50. The first kappa shape index (κ1) is 30.4. The van der Waals surface area contributed by atoms with Crippen LogP contribution >= 0.6 is 48.0 Å². The van der Waals surface area contributed by atoms with Crippen LogP contribution < -0.4 is 4.90 Å². The summed E-state index contributed by atoms with van der Waals surface area (Å²) in [6.45, 7) is 5.62. The van der Waals surface area contributed by atoms with E-state index >= 15 is 0 Å². The molecule has 36 heavy (non-hydrogen) atoms. The van der Waals surface area contributed by atoms with Crippen molar-refractivity contribution in [1.29, 1.82) is 0 Å². The van der Waals surface area contributed by atoms with E-state index in [-0.39, 0.29) is 42.2 Å². The van der Waals surface area contributed by atoms with Gasteiger partial charge in [0, 0.05) is 30.1 Å². The first-order valence-electron chi connectivity index (χ1n) is 11.7. The zero-order valence-electron chi connectivity index (χ0n) is 20.8. The average Bonchev–Trinajstić information content (AvgIpc) is 2.85. The fraction of sp³-hybridized carbons (Fsp3) is 0.357. The van der Waals surface area contributed by atoms with Crippen molar-refractivity contribution in [1.82, 2.24) is 9.88 Å². The van der Waals surface area contributed by atoms with Crippen molar-refractivity contribution in [2.45, 2.75) is 44.6 Å². The minimum absolute atomic E-state index is 0. The first-order chi connectivity index (χ1) is 16.3. The molecule has 1 amide bonds. The fourth-order valence-corrected chi connectivity index (χ4v) is 5.12. The van der Waals surface area contributed by atoms with Crippen LogP contribution in [0.1, 0.15) is 49.0 Å². The summed E-state index contributed by atoms with van der Waals surface area (Å²) >= 11 is 12.7. The molecule has 4 nitrogen and oxygen atoms in total. The maximum absolute atomic E-state index is 13.0. The SMILES string of the molecule is Cc1cccc(N2C[C@@](CCN(C)[C@H](C)c3ccccc3)(c3ccc(Cl)c(Cl)c3)CCC2=O)n1.Cl.Cl. The van der Waals surface area contributed by atoms with Crippen molar-refractivity contribution in [3.05, 3.63) is 93.6 Å². The molecule has 1 aliphatic heterocycles. The summed E-state index contributed by atoms with van der Waals surface area (Å²) < 4.78 is 0. The maximum Gasteiger partial charge on any atom is 0.228 e. The van der Waals surface area contributed by atoms with Gasteiger partial charge in [-0.3, -0.25) is 14.6 Å². The Morgan fingerprint density at radius 3 is 2.42 bits per heavy atom. The van der Waals surface area contributed by atoms with Crippen molar-refractivity contribution < 1.29 is 4.79 Å². The smallest absolute Gasteiger partial charge is 0.228 e. The first-order valence-corrected chi connectivity index (χ1v) is 12.5. The highest BCUT2D eigenvalue weighted by molar-refractivity contribution is 6.42. The minimum Gasteiger partial charge on any atom is -0.300 e. The molecular weight excluding hydrogens is 536 g/mol. The van der Waals surface area contributed by atoms with Crippen LogP contribution in [0.25, 0.3) is 0 Å². The maximum atomic E-state index is 13.0. The molecule has 1 aliphatic rings. The molecule has 1 aromatic heterocycles. The molecule has 1 fully saturated rings. The predicted octanol–water partition coefficient (Wildman–Crippen LogP) is 7.69. The number of carbonyl (C=O) groups is 1. The monoisotopic (exact) mass is 567 g/mol. The summed E-state index contributed by atoms with van der Waals surface area (Å²) in [6.07, 6.45) is 2.11. The Balaban J connectivity index is 0.00000228. The fourth-order valence-electron chi connectivity index (χ4n) is 4.82. The predicted molar refractivity (Wildman–Crippen MR) is 155 cm³/mol. The third kappa shape index (κ3) is 6.73. The van der Waals surface area contributed by atoms with Crippen molar-refractivity contribution in [2.75, 3.05) is 25.0 Å². The third-order valence-corrected chi connectivity index (χ3v) is 7.89. The highest BCUT2D eigenvalue weighted by atomic mass is 35.5. The second-order valence-electron chi connectivity index (χ2n) is 9.34.